The van der Waals surface area contributed by atoms with Crippen LogP contribution in [0.2, 0.25) is 0 Å². The highest BCUT2D eigenvalue weighted by Gasteiger charge is 2.30. The molecule has 1 aromatic rings. The zero-order valence-electron chi connectivity index (χ0n) is 19.0. The number of hydrogen-bond donors (Lipinski definition) is 0. The van der Waals surface area contributed by atoms with Gasteiger partial charge in [-0.2, -0.15) is 0 Å². The first-order chi connectivity index (χ1) is 14.5. The van der Waals surface area contributed by atoms with Gasteiger partial charge in [0.15, 0.2) is 9.84 Å². The molecule has 1 aliphatic carbocycles. The molecule has 2 fully saturated rings. The maximum absolute atomic E-state index is 12.2. The molecule has 1 aromatic carbocycles. The Balaban J connectivity index is 1.37. The van der Waals surface area contributed by atoms with E-state index in [1.165, 1.54) is 6.26 Å². The topological polar surface area (TPSA) is 82.1 Å². The molecule has 3 rings (SSSR count). The lowest BCUT2D eigenvalue weighted by molar-refractivity contribution is -0.0675. The fourth-order valence-electron chi connectivity index (χ4n) is 4.02. The van der Waals surface area contributed by atoms with Gasteiger partial charge in [0.2, 0.25) is 0 Å². The van der Waals surface area contributed by atoms with E-state index in [2.05, 4.69) is 0 Å². The van der Waals surface area contributed by atoms with E-state index in [-0.39, 0.29) is 24.4 Å². The summed E-state index contributed by atoms with van der Waals surface area (Å²) in [6, 6.07) is 6.61. The SMILES string of the molecule is CC(C)(C)OC(=O)N1CCC(O[C@H]2CC[C@@H](Oc3ccc(S(C)(=O)=O)cc3)CC2)CC1. The van der Waals surface area contributed by atoms with E-state index in [1.54, 1.807) is 29.2 Å². The molecule has 1 heterocycles. The molecular weight excluding hydrogens is 418 g/mol. The highest BCUT2D eigenvalue weighted by molar-refractivity contribution is 7.90. The standard InChI is InChI=1S/C23H35NO6S/c1-23(2,3)30-22(25)24-15-13-20(14-16-24)29-18-7-5-17(6-8-18)28-19-9-11-21(12-10-19)31(4,26)27/h9-12,17-18,20H,5-8,13-16H2,1-4H3/t17-,18+. The Bertz CT molecular complexity index is 830. The lowest BCUT2D eigenvalue weighted by atomic mass is 9.94. The number of likely N-dealkylation sites (tertiary alicyclic amines) is 1. The number of hydrogen-bond acceptors (Lipinski definition) is 6. The van der Waals surface area contributed by atoms with Crippen LogP contribution >= 0.6 is 0 Å². The van der Waals surface area contributed by atoms with Crippen LogP contribution in [0, 0.1) is 0 Å². The third kappa shape index (κ3) is 7.38. The number of piperidine rings is 1. The number of nitrogens with zero attached hydrogens (tertiary/aromatic N) is 1. The molecule has 8 heteroatoms. The van der Waals surface area contributed by atoms with Crippen molar-refractivity contribution in [2.75, 3.05) is 19.3 Å². The number of carbonyl (C=O) groups is 1. The molecule has 1 saturated heterocycles. The van der Waals surface area contributed by atoms with Crippen molar-refractivity contribution in [3.8, 4) is 5.75 Å². The van der Waals surface area contributed by atoms with Crippen molar-refractivity contribution < 1.29 is 27.4 Å². The van der Waals surface area contributed by atoms with Crippen LogP contribution < -0.4 is 4.74 Å². The maximum atomic E-state index is 12.2. The van der Waals surface area contributed by atoms with Crippen LogP contribution in [0.5, 0.6) is 5.75 Å². The Labute approximate surface area is 186 Å². The molecule has 7 nitrogen and oxygen atoms in total. The number of rotatable bonds is 5. The van der Waals surface area contributed by atoms with E-state index in [0.717, 1.165) is 38.5 Å². The average Bonchev–Trinajstić information content (AvgIpc) is 2.68. The van der Waals surface area contributed by atoms with Gasteiger partial charge >= 0.3 is 6.09 Å². The zero-order valence-corrected chi connectivity index (χ0v) is 19.8. The average molecular weight is 454 g/mol. The van der Waals surface area contributed by atoms with Crippen LogP contribution in [0.1, 0.15) is 59.3 Å². The normalized spacial score (nSPS) is 23.4. The molecule has 0 radical (unpaired) electrons. The monoisotopic (exact) mass is 453 g/mol. The van der Waals surface area contributed by atoms with Crippen molar-refractivity contribution >= 4 is 15.9 Å². The summed E-state index contributed by atoms with van der Waals surface area (Å²) in [7, 11) is -3.19. The molecule has 0 atom stereocenters. The molecule has 1 saturated carbocycles. The first-order valence-corrected chi connectivity index (χ1v) is 13.0. The number of benzene rings is 1. The Morgan fingerprint density at radius 3 is 1.94 bits per heavy atom. The summed E-state index contributed by atoms with van der Waals surface area (Å²) in [5, 5.41) is 0. The van der Waals surface area contributed by atoms with Crippen LogP contribution in [0.4, 0.5) is 4.79 Å². The number of sulfone groups is 1. The van der Waals surface area contributed by atoms with Crippen LogP contribution in [-0.4, -0.2) is 62.7 Å². The Morgan fingerprint density at radius 1 is 0.903 bits per heavy atom. The lowest BCUT2D eigenvalue weighted by Crippen LogP contribution is -2.44. The van der Waals surface area contributed by atoms with Gasteiger partial charge in [0, 0.05) is 19.3 Å². The highest BCUT2D eigenvalue weighted by Crippen LogP contribution is 2.28. The van der Waals surface area contributed by atoms with E-state index < -0.39 is 15.4 Å². The zero-order chi connectivity index (χ0) is 22.6. The molecule has 0 bridgehead atoms. The summed E-state index contributed by atoms with van der Waals surface area (Å²) in [6.45, 7) is 6.98. The van der Waals surface area contributed by atoms with Gasteiger partial charge in [-0.3, -0.25) is 0 Å². The first-order valence-electron chi connectivity index (χ1n) is 11.1. The maximum Gasteiger partial charge on any atom is 0.410 e. The predicted octanol–water partition coefficient (Wildman–Crippen LogP) is 4.20. The predicted molar refractivity (Wildman–Crippen MR) is 118 cm³/mol. The second kappa shape index (κ2) is 9.77. The molecule has 2 aliphatic rings. The Kier molecular flexibility index (Phi) is 7.52. The van der Waals surface area contributed by atoms with Crippen LogP contribution in [0.3, 0.4) is 0 Å². The smallest absolute Gasteiger partial charge is 0.410 e. The summed E-state index contributed by atoms with van der Waals surface area (Å²) in [5.74, 6) is 0.700. The molecule has 0 aromatic heterocycles. The van der Waals surface area contributed by atoms with E-state index in [0.29, 0.717) is 23.7 Å². The molecule has 1 aliphatic heterocycles. The van der Waals surface area contributed by atoms with E-state index in [9.17, 15) is 13.2 Å². The van der Waals surface area contributed by atoms with Crippen molar-refractivity contribution in [1.29, 1.82) is 0 Å². The summed E-state index contributed by atoms with van der Waals surface area (Å²) in [6.07, 6.45) is 6.87. The van der Waals surface area contributed by atoms with Crippen molar-refractivity contribution in [3.63, 3.8) is 0 Å². The second-order valence-electron chi connectivity index (χ2n) is 9.56. The summed E-state index contributed by atoms with van der Waals surface area (Å²) in [4.78, 5) is 14.3. The first kappa shape index (κ1) is 23.9. The van der Waals surface area contributed by atoms with Gasteiger partial charge in [0.25, 0.3) is 0 Å². The fraction of sp³-hybridized carbons (Fsp3) is 0.696. The van der Waals surface area contributed by atoms with Crippen molar-refractivity contribution in [2.24, 2.45) is 0 Å². The molecule has 31 heavy (non-hydrogen) atoms. The van der Waals surface area contributed by atoms with Gasteiger partial charge in [0.05, 0.1) is 23.2 Å². The third-order valence-electron chi connectivity index (χ3n) is 5.65. The van der Waals surface area contributed by atoms with E-state index >= 15 is 0 Å². The quantitative estimate of drug-likeness (QED) is 0.665. The summed E-state index contributed by atoms with van der Waals surface area (Å²) >= 11 is 0. The minimum Gasteiger partial charge on any atom is -0.490 e. The highest BCUT2D eigenvalue weighted by atomic mass is 32.2. The van der Waals surface area contributed by atoms with E-state index in [4.69, 9.17) is 14.2 Å². The molecule has 174 valence electrons. The lowest BCUT2D eigenvalue weighted by Gasteiger charge is -2.36. The molecule has 1 amide bonds. The summed E-state index contributed by atoms with van der Waals surface area (Å²) in [5.41, 5.74) is -0.471. The number of carbonyl (C=O) groups excluding carboxylic acids is 1. The van der Waals surface area contributed by atoms with Crippen molar-refractivity contribution in [2.45, 2.75) is 88.1 Å². The van der Waals surface area contributed by atoms with Gasteiger partial charge in [-0.05, 0) is 83.6 Å². The molecule has 0 spiro atoms. The summed E-state index contributed by atoms with van der Waals surface area (Å²) < 4.78 is 40.9. The minimum absolute atomic E-state index is 0.123. The van der Waals surface area contributed by atoms with Gasteiger partial charge in [-0.25, -0.2) is 13.2 Å². The van der Waals surface area contributed by atoms with E-state index in [1.807, 2.05) is 20.8 Å². The van der Waals surface area contributed by atoms with Gasteiger partial charge in [-0.15, -0.1) is 0 Å². The van der Waals surface area contributed by atoms with Gasteiger partial charge in [-0.1, -0.05) is 0 Å². The van der Waals surface area contributed by atoms with Crippen molar-refractivity contribution in [3.05, 3.63) is 24.3 Å². The van der Waals surface area contributed by atoms with Crippen LogP contribution in [0.25, 0.3) is 0 Å². The second-order valence-corrected chi connectivity index (χ2v) is 11.6. The van der Waals surface area contributed by atoms with Gasteiger partial charge < -0.3 is 19.1 Å². The minimum atomic E-state index is -3.19. The number of amides is 1. The van der Waals surface area contributed by atoms with Crippen molar-refractivity contribution in [1.82, 2.24) is 4.90 Å². The molecule has 0 N–H and O–H groups in total. The largest absolute Gasteiger partial charge is 0.490 e. The molecular formula is C23H35NO6S. The fourth-order valence-corrected chi connectivity index (χ4v) is 4.65. The molecule has 0 unspecified atom stereocenters. The Morgan fingerprint density at radius 2 is 1.42 bits per heavy atom. The third-order valence-corrected chi connectivity index (χ3v) is 6.78. The number of ether oxygens (including phenoxy) is 3. The van der Waals surface area contributed by atoms with Gasteiger partial charge in [0.1, 0.15) is 11.4 Å². The van der Waals surface area contributed by atoms with Crippen LogP contribution in [-0.2, 0) is 19.3 Å². The Hall–Kier alpha value is -1.80. The van der Waals surface area contributed by atoms with Crippen LogP contribution in [0.15, 0.2) is 29.2 Å².